The molecule has 0 saturated carbocycles. The van der Waals surface area contributed by atoms with Crippen molar-refractivity contribution >= 4 is 46.2 Å². The SMILES string of the molecule is O=C(O)CCC(NC(=O)Nc1ccc(F)cc1I)C(=O)O. The summed E-state index contributed by atoms with van der Waals surface area (Å²) >= 11 is 1.82. The Kier molecular flexibility index (Phi) is 6.34. The second kappa shape index (κ2) is 7.76. The van der Waals surface area contributed by atoms with Gasteiger partial charge in [-0.1, -0.05) is 0 Å². The second-order valence-corrected chi connectivity index (χ2v) is 5.21. The van der Waals surface area contributed by atoms with Crippen LogP contribution in [0.2, 0.25) is 0 Å². The molecule has 1 aromatic carbocycles. The average Bonchev–Trinajstić information content (AvgIpc) is 2.37. The molecule has 4 N–H and O–H groups in total. The minimum absolute atomic E-state index is 0.238. The summed E-state index contributed by atoms with van der Waals surface area (Å²) in [4.78, 5) is 33.0. The van der Waals surface area contributed by atoms with Crippen molar-refractivity contribution in [3.05, 3.63) is 27.6 Å². The molecule has 0 heterocycles. The fourth-order valence-electron chi connectivity index (χ4n) is 1.43. The van der Waals surface area contributed by atoms with Gasteiger partial charge in [0, 0.05) is 9.99 Å². The van der Waals surface area contributed by atoms with Crippen LogP contribution >= 0.6 is 22.6 Å². The number of carbonyl (C=O) groups excluding carboxylic acids is 1. The molecule has 0 bridgehead atoms. The van der Waals surface area contributed by atoms with Crippen molar-refractivity contribution < 1.29 is 29.0 Å². The number of urea groups is 1. The number of nitrogens with one attached hydrogen (secondary N) is 2. The number of carboxylic acids is 2. The molecule has 0 aliphatic carbocycles. The summed E-state index contributed by atoms with van der Waals surface area (Å²) in [7, 11) is 0. The number of aliphatic carboxylic acids is 2. The van der Waals surface area contributed by atoms with E-state index in [9.17, 15) is 18.8 Å². The van der Waals surface area contributed by atoms with Gasteiger partial charge in [0.1, 0.15) is 11.9 Å². The highest BCUT2D eigenvalue weighted by Crippen LogP contribution is 2.18. The van der Waals surface area contributed by atoms with Crippen LogP contribution in [0.4, 0.5) is 14.9 Å². The first-order chi connectivity index (χ1) is 9.79. The minimum Gasteiger partial charge on any atom is -0.481 e. The topological polar surface area (TPSA) is 116 Å². The quantitative estimate of drug-likeness (QED) is 0.535. The normalized spacial score (nSPS) is 11.5. The van der Waals surface area contributed by atoms with Crippen molar-refractivity contribution in [3.8, 4) is 0 Å². The zero-order chi connectivity index (χ0) is 16.0. The molecule has 21 heavy (non-hydrogen) atoms. The van der Waals surface area contributed by atoms with Crippen LogP contribution in [0.15, 0.2) is 18.2 Å². The number of carboxylic acid groups (broad SMARTS) is 2. The number of hydrogen-bond acceptors (Lipinski definition) is 3. The number of benzene rings is 1. The fourth-order valence-corrected chi connectivity index (χ4v) is 2.04. The van der Waals surface area contributed by atoms with Crippen molar-refractivity contribution in [1.82, 2.24) is 5.32 Å². The lowest BCUT2D eigenvalue weighted by Gasteiger charge is -2.15. The second-order valence-electron chi connectivity index (χ2n) is 4.05. The maximum absolute atomic E-state index is 12.9. The summed E-state index contributed by atoms with van der Waals surface area (Å²) in [6, 6.07) is 1.56. The third kappa shape index (κ3) is 5.94. The van der Waals surface area contributed by atoms with Crippen molar-refractivity contribution in [1.29, 1.82) is 0 Å². The van der Waals surface area contributed by atoms with Crippen LogP contribution in [-0.4, -0.2) is 34.2 Å². The Labute approximate surface area is 132 Å². The van der Waals surface area contributed by atoms with Crippen LogP contribution in [0.25, 0.3) is 0 Å². The monoisotopic (exact) mass is 410 g/mol. The van der Waals surface area contributed by atoms with E-state index in [1.807, 2.05) is 22.6 Å². The van der Waals surface area contributed by atoms with Gasteiger partial charge in [-0.2, -0.15) is 0 Å². The Balaban J connectivity index is 2.65. The molecule has 7 nitrogen and oxygen atoms in total. The molecule has 114 valence electrons. The molecule has 0 spiro atoms. The predicted octanol–water partition coefficient (Wildman–Crippen LogP) is 1.87. The van der Waals surface area contributed by atoms with Crippen LogP contribution in [0.1, 0.15) is 12.8 Å². The number of halogens is 2. The van der Waals surface area contributed by atoms with Crippen molar-refractivity contribution in [2.45, 2.75) is 18.9 Å². The molecular formula is C12H12FIN2O5. The molecule has 0 radical (unpaired) electrons. The Hall–Kier alpha value is -1.91. The molecule has 2 amide bonds. The molecular weight excluding hydrogens is 398 g/mol. The molecule has 1 atom stereocenters. The minimum atomic E-state index is -1.33. The Morgan fingerprint density at radius 1 is 1.29 bits per heavy atom. The maximum Gasteiger partial charge on any atom is 0.326 e. The van der Waals surface area contributed by atoms with Gasteiger partial charge in [0.25, 0.3) is 0 Å². The van der Waals surface area contributed by atoms with E-state index in [-0.39, 0.29) is 12.8 Å². The van der Waals surface area contributed by atoms with Gasteiger partial charge < -0.3 is 20.8 Å². The highest BCUT2D eigenvalue weighted by atomic mass is 127. The van der Waals surface area contributed by atoms with E-state index in [1.165, 1.54) is 12.1 Å². The third-order valence-electron chi connectivity index (χ3n) is 2.43. The lowest BCUT2D eigenvalue weighted by Crippen LogP contribution is -2.43. The number of carbonyl (C=O) groups is 3. The molecule has 0 fully saturated rings. The summed E-state index contributed by atoms with van der Waals surface area (Å²) in [5.74, 6) is -2.95. The summed E-state index contributed by atoms with van der Waals surface area (Å²) < 4.78 is 13.4. The lowest BCUT2D eigenvalue weighted by atomic mass is 10.1. The van der Waals surface area contributed by atoms with E-state index in [0.29, 0.717) is 9.26 Å². The molecule has 0 saturated heterocycles. The van der Waals surface area contributed by atoms with Gasteiger partial charge in [-0.25, -0.2) is 14.0 Å². The largest absolute Gasteiger partial charge is 0.481 e. The van der Waals surface area contributed by atoms with Crippen molar-refractivity contribution in [3.63, 3.8) is 0 Å². The van der Waals surface area contributed by atoms with E-state index in [4.69, 9.17) is 10.2 Å². The van der Waals surface area contributed by atoms with E-state index < -0.39 is 29.8 Å². The van der Waals surface area contributed by atoms with Gasteiger partial charge in [0.2, 0.25) is 0 Å². The first-order valence-electron chi connectivity index (χ1n) is 5.76. The molecule has 9 heteroatoms. The number of rotatable bonds is 6. The maximum atomic E-state index is 12.9. The van der Waals surface area contributed by atoms with Gasteiger partial charge in [-0.05, 0) is 47.2 Å². The van der Waals surface area contributed by atoms with Crippen LogP contribution in [0.3, 0.4) is 0 Å². The summed E-state index contributed by atoms with van der Waals surface area (Å²) in [5.41, 5.74) is 0.317. The zero-order valence-corrected chi connectivity index (χ0v) is 12.8. The first kappa shape index (κ1) is 17.1. The van der Waals surface area contributed by atoms with Crippen LogP contribution in [0, 0.1) is 9.39 Å². The third-order valence-corrected chi connectivity index (χ3v) is 3.32. The lowest BCUT2D eigenvalue weighted by molar-refractivity contribution is -0.140. The first-order valence-corrected chi connectivity index (χ1v) is 6.84. The number of hydrogen-bond donors (Lipinski definition) is 4. The van der Waals surface area contributed by atoms with E-state index in [0.717, 1.165) is 6.07 Å². The van der Waals surface area contributed by atoms with Crippen LogP contribution in [-0.2, 0) is 9.59 Å². The summed E-state index contributed by atoms with van der Waals surface area (Å²) in [6.07, 6.45) is -0.621. The molecule has 0 aromatic heterocycles. The van der Waals surface area contributed by atoms with Gasteiger partial charge >= 0.3 is 18.0 Å². The smallest absolute Gasteiger partial charge is 0.326 e. The van der Waals surface area contributed by atoms with Gasteiger partial charge in [-0.3, -0.25) is 4.79 Å². The zero-order valence-electron chi connectivity index (χ0n) is 10.6. The standard InChI is InChI=1S/C12H12FIN2O5/c13-6-1-2-8(7(14)5-6)15-12(21)16-9(11(19)20)3-4-10(17)18/h1-2,5,9H,3-4H2,(H,17,18)(H,19,20)(H2,15,16,21). The molecule has 0 aliphatic heterocycles. The van der Waals surface area contributed by atoms with Crippen LogP contribution in [0.5, 0.6) is 0 Å². The van der Waals surface area contributed by atoms with Gasteiger partial charge in [-0.15, -0.1) is 0 Å². The van der Waals surface area contributed by atoms with Gasteiger partial charge in [0.05, 0.1) is 5.69 Å². The van der Waals surface area contributed by atoms with E-state index in [2.05, 4.69) is 10.6 Å². The Morgan fingerprint density at radius 2 is 1.95 bits per heavy atom. The van der Waals surface area contributed by atoms with E-state index >= 15 is 0 Å². The number of amides is 2. The van der Waals surface area contributed by atoms with E-state index in [1.54, 1.807) is 0 Å². The molecule has 1 unspecified atom stereocenters. The summed E-state index contributed by atoms with van der Waals surface area (Å²) in [6.45, 7) is 0. The summed E-state index contributed by atoms with van der Waals surface area (Å²) in [5, 5.41) is 22.0. The highest BCUT2D eigenvalue weighted by Gasteiger charge is 2.21. The molecule has 0 aliphatic rings. The Bertz CT molecular complexity index is 567. The van der Waals surface area contributed by atoms with Crippen molar-refractivity contribution in [2.75, 3.05) is 5.32 Å². The van der Waals surface area contributed by atoms with Crippen LogP contribution < -0.4 is 10.6 Å². The number of anilines is 1. The molecule has 1 rings (SSSR count). The Morgan fingerprint density at radius 3 is 2.48 bits per heavy atom. The fraction of sp³-hybridized carbons (Fsp3) is 0.250. The highest BCUT2D eigenvalue weighted by molar-refractivity contribution is 14.1. The van der Waals surface area contributed by atoms with Gasteiger partial charge in [0.15, 0.2) is 0 Å². The molecule has 1 aromatic rings. The van der Waals surface area contributed by atoms with Crippen molar-refractivity contribution in [2.24, 2.45) is 0 Å². The predicted molar refractivity (Wildman–Crippen MR) is 79.6 cm³/mol. The average molecular weight is 410 g/mol.